The predicted octanol–water partition coefficient (Wildman–Crippen LogP) is 2.29. The number of nitrogens with one attached hydrogen (secondary N) is 1. The Kier molecular flexibility index (Phi) is 3.47. The number of amides is 2. The third-order valence-corrected chi connectivity index (χ3v) is 5.50. The van der Waals surface area contributed by atoms with E-state index in [4.69, 9.17) is 0 Å². The highest BCUT2D eigenvalue weighted by atomic mass is 16.2. The second kappa shape index (κ2) is 5.52. The number of nitrogens with zero attached hydrogens (tertiary/aromatic N) is 1. The molecule has 0 unspecified atom stereocenters. The fourth-order valence-electron chi connectivity index (χ4n) is 4.27. The molecule has 1 fully saturated rings. The number of carbonyl (C=O) groups is 2. The number of hydrogen-bond donors (Lipinski definition) is 1. The number of hydrogen-bond acceptors (Lipinski definition) is 2. The Hall–Kier alpha value is -2.10. The number of anilines is 1. The van der Waals surface area contributed by atoms with Gasteiger partial charge in [-0.3, -0.25) is 9.59 Å². The highest BCUT2D eigenvalue weighted by molar-refractivity contribution is 6.00. The number of allylic oxidation sites excluding steroid dienone is 2. The minimum Gasteiger partial charge on any atom is -0.344 e. The molecule has 4 nitrogen and oxygen atoms in total. The van der Waals surface area contributed by atoms with Crippen molar-refractivity contribution in [1.82, 2.24) is 5.32 Å². The fraction of sp³-hybridized carbons (Fsp3) is 0.474. The van der Waals surface area contributed by atoms with Crippen LogP contribution in [-0.2, 0) is 16.0 Å². The molecule has 1 aromatic carbocycles. The molecule has 4 heteroatoms. The van der Waals surface area contributed by atoms with Crippen molar-refractivity contribution in [1.29, 1.82) is 0 Å². The van der Waals surface area contributed by atoms with E-state index in [1.165, 1.54) is 5.56 Å². The summed E-state index contributed by atoms with van der Waals surface area (Å²) in [5.74, 6) is 1.00. The third-order valence-electron chi connectivity index (χ3n) is 5.50. The first kappa shape index (κ1) is 14.5. The summed E-state index contributed by atoms with van der Waals surface area (Å²) in [6.45, 7) is 2.50. The van der Waals surface area contributed by atoms with E-state index in [9.17, 15) is 9.59 Å². The number of para-hydroxylation sites is 1. The first-order chi connectivity index (χ1) is 11.1. The summed E-state index contributed by atoms with van der Waals surface area (Å²) < 4.78 is 0. The van der Waals surface area contributed by atoms with Crippen LogP contribution in [0.5, 0.6) is 0 Å². The van der Waals surface area contributed by atoms with Crippen molar-refractivity contribution in [2.24, 2.45) is 17.8 Å². The van der Waals surface area contributed by atoms with Crippen LogP contribution in [0, 0.1) is 17.8 Å². The molecule has 1 heterocycles. The molecule has 4 rings (SSSR count). The molecule has 1 N–H and O–H groups in total. The highest BCUT2D eigenvalue weighted by Crippen LogP contribution is 2.43. The standard InChI is InChI=1S/C19H22N2O2/c1-12(20-18(22)16-11-13-6-7-15(16)10-13)19(23)21-9-8-14-4-2-3-5-17(14)21/h2-7,12-13,15-16H,8-11H2,1H3,(H,20,22)/t12-,13-,15-,16-/m0/s1. The van der Waals surface area contributed by atoms with Crippen molar-refractivity contribution in [2.45, 2.75) is 32.2 Å². The lowest BCUT2D eigenvalue weighted by Gasteiger charge is -2.25. The largest absolute Gasteiger partial charge is 0.344 e. The first-order valence-corrected chi connectivity index (χ1v) is 8.51. The molecular weight excluding hydrogens is 288 g/mol. The summed E-state index contributed by atoms with van der Waals surface area (Å²) in [7, 11) is 0. The van der Waals surface area contributed by atoms with Gasteiger partial charge in [0, 0.05) is 18.2 Å². The van der Waals surface area contributed by atoms with Crippen LogP contribution < -0.4 is 10.2 Å². The monoisotopic (exact) mass is 310 g/mol. The van der Waals surface area contributed by atoms with Gasteiger partial charge < -0.3 is 10.2 Å². The van der Waals surface area contributed by atoms with Gasteiger partial charge in [0.25, 0.3) is 0 Å². The molecule has 1 aromatic rings. The van der Waals surface area contributed by atoms with Gasteiger partial charge in [0.2, 0.25) is 11.8 Å². The maximum Gasteiger partial charge on any atom is 0.249 e. The highest BCUT2D eigenvalue weighted by Gasteiger charge is 2.40. The van der Waals surface area contributed by atoms with E-state index in [2.05, 4.69) is 23.5 Å². The smallest absolute Gasteiger partial charge is 0.249 e. The predicted molar refractivity (Wildman–Crippen MR) is 88.9 cm³/mol. The van der Waals surface area contributed by atoms with Crippen LogP contribution in [-0.4, -0.2) is 24.4 Å². The van der Waals surface area contributed by atoms with E-state index in [1.54, 1.807) is 11.8 Å². The van der Waals surface area contributed by atoms with E-state index in [0.717, 1.165) is 24.9 Å². The van der Waals surface area contributed by atoms with Crippen LogP contribution in [0.1, 0.15) is 25.3 Å². The zero-order chi connectivity index (χ0) is 16.0. The maximum atomic E-state index is 12.7. The molecule has 120 valence electrons. The lowest BCUT2D eigenvalue weighted by molar-refractivity contribution is -0.130. The van der Waals surface area contributed by atoms with Crippen LogP contribution in [0.2, 0.25) is 0 Å². The summed E-state index contributed by atoms with van der Waals surface area (Å²) in [5, 5.41) is 2.95. The molecule has 0 radical (unpaired) electrons. The van der Waals surface area contributed by atoms with Crippen molar-refractivity contribution in [3.05, 3.63) is 42.0 Å². The molecule has 3 aliphatic rings. The maximum absolute atomic E-state index is 12.7. The Morgan fingerprint density at radius 2 is 2.04 bits per heavy atom. The Morgan fingerprint density at radius 3 is 2.78 bits per heavy atom. The average Bonchev–Trinajstić information content (AvgIpc) is 3.28. The minimum atomic E-state index is -0.475. The van der Waals surface area contributed by atoms with Crippen molar-refractivity contribution in [3.63, 3.8) is 0 Å². The van der Waals surface area contributed by atoms with Gasteiger partial charge in [0.15, 0.2) is 0 Å². The SMILES string of the molecule is C[C@H](NC(=O)[C@H]1C[C@H]2C=C[C@H]1C2)C(=O)N1CCc2ccccc21. The lowest BCUT2D eigenvalue weighted by Crippen LogP contribution is -2.48. The Balaban J connectivity index is 1.41. The number of carbonyl (C=O) groups excluding carboxylic acids is 2. The molecule has 23 heavy (non-hydrogen) atoms. The molecular formula is C19H22N2O2. The zero-order valence-corrected chi connectivity index (χ0v) is 13.4. The Labute approximate surface area is 136 Å². The van der Waals surface area contributed by atoms with Gasteiger partial charge in [-0.1, -0.05) is 30.4 Å². The molecule has 4 atom stereocenters. The van der Waals surface area contributed by atoms with Gasteiger partial charge in [-0.25, -0.2) is 0 Å². The number of benzene rings is 1. The van der Waals surface area contributed by atoms with Crippen LogP contribution >= 0.6 is 0 Å². The number of fused-ring (bicyclic) bond motifs is 3. The molecule has 1 aliphatic heterocycles. The molecule has 2 amide bonds. The van der Waals surface area contributed by atoms with E-state index >= 15 is 0 Å². The first-order valence-electron chi connectivity index (χ1n) is 8.51. The van der Waals surface area contributed by atoms with Crippen LogP contribution in [0.4, 0.5) is 5.69 Å². The summed E-state index contributed by atoms with van der Waals surface area (Å²) >= 11 is 0. The van der Waals surface area contributed by atoms with Crippen LogP contribution in [0.3, 0.4) is 0 Å². The van der Waals surface area contributed by atoms with Crippen molar-refractivity contribution >= 4 is 17.5 Å². The summed E-state index contributed by atoms with van der Waals surface area (Å²) in [6, 6.07) is 7.52. The van der Waals surface area contributed by atoms with E-state index < -0.39 is 6.04 Å². The normalized spacial score (nSPS) is 28.7. The van der Waals surface area contributed by atoms with E-state index in [-0.39, 0.29) is 17.7 Å². The Bertz CT molecular complexity index is 682. The van der Waals surface area contributed by atoms with Crippen molar-refractivity contribution < 1.29 is 9.59 Å². The molecule has 0 saturated heterocycles. The van der Waals surface area contributed by atoms with Gasteiger partial charge in [-0.2, -0.15) is 0 Å². The van der Waals surface area contributed by atoms with Crippen molar-refractivity contribution in [3.8, 4) is 0 Å². The van der Waals surface area contributed by atoms with Gasteiger partial charge in [-0.15, -0.1) is 0 Å². The van der Waals surface area contributed by atoms with E-state index in [1.807, 2.05) is 18.2 Å². The molecule has 1 saturated carbocycles. The second-order valence-electron chi connectivity index (χ2n) is 6.99. The molecule has 0 aromatic heterocycles. The van der Waals surface area contributed by atoms with Crippen LogP contribution in [0.25, 0.3) is 0 Å². The van der Waals surface area contributed by atoms with Gasteiger partial charge in [0.05, 0.1) is 0 Å². The quantitative estimate of drug-likeness (QED) is 0.871. The molecule has 2 aliphatic carbocycles. The van der Waals surface area contributed by atoms with E-state index in [0.29, 0.717) is 18.4 Å². The molecule has 2 bridgehead atoms. The molecule has 0 spiro atoms. The summed E-state index contributed by atoms with van der Waals surface area (Å²) in [4.78, 5) is 27.0. The van der Waals surface area contributed by atoms with Crippen molar-refractivity contribution in [2.75, 3.05) is 11.4 Å². The average molecular weight is 310 g/mol. The van der Waals surface area contributed by atoms with Gasteiger partial charge >= 0.3 is 0 Å². The third kappa shape index (κ3) is 2.46. The van der Waals surface area contributed by atoms with Crippen LogP contribution in [0.15, 0.2) is 36.4 Å². The topological polar surface area (TPSA) is 49.4 Å². The minimum absolute atomic E-state index is 0.0120. The van der Waals surface area contributed by atoms with Gasteiger partial charge in [-0.05, 0) is 49.7 Å². The zero-order valence-electron chi connectivity index (χ0n) is 13.4. The summed E-state index contributed by atoms with van der Waals surface area (Å²) in [5.41, 5.74) is 2.19. The Morgan fingerprint density at radius 1 is 1.22 bits per heavy atom. The summed E-state index contributed by atoms with van der Waals surface area (Å²) in [6.07, 6.45) is 7.31. The number of rotatable bonds is 3. The van der Waals surface area contributed by atoms with Gasteiger partial charge in [0.1, 0.15) is 6.04 Å². The lowest BCUT2D eigenvalue weighted by atomic mass is 9.92. The fourth-order valence-corrected chi connectivity index (χ4v) is 4.27. The second-order valence-corrected chi connectivity index (χ2v) is 6.99.